The van der Waals surface area contributed by atoms with Gasteiger partial charge in [-0.3, -0.25) is 0 Å². The Morgan fingerprint density at radius 1 is 1.00 bits per heavy atom. The van der Waals surface area contributed by atoms with Crippen molar-refractivity contribution in [2.24, 2.45) is 0 Å². The van der Waals surface area contributed by atoms with Crippen LogP contribution in [0.25, 0.3) is 0 Å². The van der Waals surface area contributed by atoms with Crippen LogP contribution in [0.15, 0.2) is 0 Å². The minimum atomic E-state index is -3.63. The van der Waals surface area contributed by atoms with Gasteiger partial charge in [-0.15, -0.1) is 0 Å². The summed E-state index contributed by atoms with van der Waals surface area (Å²) in [5.41, 5.74) is 0. The molecule has 0 aliphatic carbocycles. The minimum absolute atomic E-state index is 0. The van der Waals surface area contributed by atoms with Crippen LogP contribution >= 0.6 is 0 Å². The molecule has 0 saturated heterocycles. The van der Waals surface area contributed by atoms with E-state index in [4.69, 9.17) is 14.1 Å². The molecule has 40 valence electrons. The first-order valence-corrected chi connectivity index (χ1v) is 1.84. The topological polar surface area (TPSA) is 63.2 Å². The van der Waals surface area contributed by atoms with Gasteiger partial charge in [-0.1, -0.05) is 0 Å². The van der Waals surface area contributed by atoms with Crippen molar-refractivity contribution in [1.82, 2.24) is 0 Å². The maximum atomic E-state index is 8.52. The first-order valence-electron chi connectivity index (χ1n) is 0.612. The summed E-state index contributed by atoms with van der Waals surface area (Å²) < 4.78 is 8.52. The van der Waals surface area contributed by atoms with E-state index < -0.39 is 9.17 Å². The van der Waals surface area contributed by atoms with Crippen molar-refractivity contribution < 1.29 is 107 Å². The Kier molecular flexibility index (Phi) is 87.8. The van der Waals surface area contributed by atoms with Gasteiger partial charge in [0.05, 0.1) is 0 Å². The molecule has 8 heteroatoms. The van der Waals surface area contributed by atoms with E-state index in [0.717, 1.165) is 0 Å². The molecule has 0 spiro atoms. The molecule has 0 aromatic carbocycles. The van der Waals surface area contributed by atoms with Crippen molar-refractivity contribution in [1.29, 1.82) is 0 Å². The minimum Gasteiger partial charge on any atom is -0.672 e. The molecule has 0 N–H and O–H groups in total. The third kappa shape index (κ3) is 71.9. The molecule has 3 nitrogen and oxygen atoms in total. The Labute approximate surface area is 114 Å². The van der Waals surface area contributed by atoms with Crippen LogP contribution in [0.4, 0.5) is 0 Å². The van der Waals surface area contributed by atoms with Crippen LogP contribution in [-0.4, -0.2) is 9.17 Å². The standard InChI is InChI=1S/2Fe.2Na.O3Si/c;;;;1-4(2)3/q;;2*+1;-2. The smallest absolute Gasteiger partial charge is 0.672 e. The summed E-state index contributed by atoms with van der Waals surface area (Å²) in [4.78, 5) is 17.0. The second-order valence-electron chi connectivity index (χ2n) is 0.250. The largest absolute Gasteiger partial charge is 1.00 e. The third-order valence-corrected chi connectivity index (χ3v) is 0. The summed E-state index contributed by atoms with van der Waals surface area (Å²) in [6.45, 7) is 0. The van der Waals surface area contributed by atoms with Crippen LogP contribution in [0.5, 0.6) is 0 Å². The fourth-order valence-corrected chi connectivity index (χ4v) is 0. The zero-order chi connectivity index (χ0) is 3.58. The molecular formula is Fe2Na2O3Si. The molecule has 0 unspecified atom stereocenters. The molecule has 0 aromatic rings. The predicted molar refractivity (Wildman–Crippen MR) is 6.44 cm³/mol. The van der Waals surface area contributed by atoms with Crippen molar-refractivity contribution >= 4 is 9.17 Å². The Morgan fingerprint density at radius 3 is 1.00 bits per heavy atom. The molecule has 0 saturated carbocycles. The molecule has 0 heterocycles. The van der Waals surface area contributed by atoms with Crippen LogP contribution < -0.4 is 68.7 Å². The van der Waals surface area contributed by atoms with E-state index >= 15 is 0 Å². The Morgan fingerprint density at radius 2 is 1.00 bits per heavy atom. The fourth-order valence-electron chi connectivity index (χ4n) is 0. The van der Waals surface area contributed by atoms with E-state index in [1.165, 1.54) is 0 Å². The van der Waals surface area contributed by atoms with E-state index in [1.54, 1.807) is 0 Å². The first kappa shape index (κ1) is 31.1. The monoisotopic (exact) mass is 234 g/mol. The quantitative estimate of drug-likeness (QED) is 0.391. The maximum Gasteiger partial charge on any atom is 1.00 e. The average molecular weight is 234 g/mol. The van der Waals surface area contributed by atoms with Crippen molar-refractivity contribution in [2.75, 3.05) is 0 Å². The molecule has 0 radical (unpaired) electrons. The summed E-state index contributed by atoms with van der Waals surface area (Å²) in [6, 6.07) is 0. The van der Waals surface area contributed by atoms with E-state index in [-0.39, 0.29) is 93.3 Å². The molecule has 0 aromatic heterocycles. The summed E-state index contributed by atoms with van der Waals surface area (Å²) in [5.74, 6) is 0. The number of rotatable bonds is 0. The van der Waals surface area contributed by atoms with E-state index in [2.05, 4.69) is 0 Å². The van der Waals surface area contributed by atoms with Gasteiger partial charge in [-0.25, -0.2) is 0 Å². The molecule has 0 fully saturated rings. The normalized spacial score (nSPS) is 3.00. The molecule has 0 atom stereocenters. The van der Waals surface area contributed by atoms with Crippen molar-refractivity contribution in [2.45, 2.75) is 0 Å². The van der Waals surface area contributed by atoms with E-state index in [0.29, 0.717) is 0 Å². The molecule has 0 bridgehead atoms. The molecule has 0 aliphatic heterocycles. The second-order valence-corrected chi connectivity index (χ2v) is 0.750. The summed E-state index contributed by atoms with van der Waals surface area (Å²) in [6.07, 6.45) is 0. The van der Waals surface area contributed by atoms with Crippen LogP contribution in [0.2, 0.25) is 0 Å². The van der Waals surface area contributed by atoms with Gasteiger partial charge in [0.2, 0.25) is 0 Å². The molecule has 0 rings (SSSR count). The summed E-state index contributed by atoms with van der Waals surface area (Å²) in [7, 11) is -3.63. The Hall–Kier alpha value is 2.66. The van der Waals surface area contributed by atoms with Crippen LogP contribution in [0.1, 0.15) is 0 Å². The van der Waals surface area contributed by atoms with E-state index in [1.807, 2.05) is 0 Å². The van der Waals surface area contributed by atoms with Crippen molar-refractivity contribution in [3.63, 3.8) is 0 Å². The van der Waals surface area contributed by atoms with Crippen LogP contribution in [-0.2, 0) is 38.6 Å². The summed E-state index contributed by atoms with van der Waals surface area (Å²) >= 11 is 0. The van der Waals surface area contributed by atoms with Crippen molar-refractivity contribution in [3.8, 4) is 0 Å². The number of hydrogen-bond acceptors (Lipinski definition) is 3. The zero-order valence-electron chi connectivity index (χ0n) is 4.43. The Bertz CT molecular complexity index is 38.3. The van der Waals surface area contributed by atoms with Gasteiger partial charge in [0.15, 0.2) is 0 Å². The first-order chi connectivity index (χ1) is 1.73. The molecule has 0 aliphatic rings. The van der Waals surface area contributed by atoms with Gasteiger partial charge in [0.25, 0.3) is 0 Å². The van der Waals surface area contributed by atoms with Crippen molar-refractivity contribution in [3.05, 3.63) is 0 Å². The van der Waals surface area contributed by atoms with Gasteiger partial charge in [-0.2, -0.15) is 0 Å². The zero-order valence-corrected chi connectivity index (χ0v) is 11.6. The SMILES string of the molecule is O=[Si]([O-])[O-].[Fe].[Fe].[Na+].[Na+]. The van der Waals surface area contributed by atoms with Gasteiger partial charge in [0.1, 0.15) is 0 Å². The van der Waals surface area contributed by atoms with Crippen LogP contribution in [0, 0.1) is 0 Å². The second kappa shape index (κ2) is 22.6. The molecular weight excluding hydrogens is 234 g/mol. The molecule has 8 heavy (non-hydrogen) atoms. The maximum absolute atomic E-state index is 8.52. The third-order valence-electron chi connectivity index (χ3n) is 0. The van der Waals surface area contributed by atoms with Gasteiger partial charge in [0, 0.05) is 43.3 Å². The summed E-state index contributed by atoms with van der Waals surface area (Å²) in [5, 5.41) is 0. The number of hydrogen-bond donors (Lipinski definition) is 0. The predicted octanol–water partition coefficient (Wildman–Crippen LogP) is -8.87. The van der Waals surface area contributed by atoms with E-state index in [9.17, 15) is 0 Å². The van der Waals surface area contributed by atoms with Crippen LogP contribution in [0.3, 0.4) is 0 Å². The Balaban J connectivity index is -0.00000000750. The van der Waals surface area contributed by atoms with Gasteiger partial charge in [-0.05, 0) is 0 Å². The fraction of sp³-hybridized carbons (Fsp3) is 0. The van der Waals surface area contributed by atoms with Gasteiger partial charge >= 0.3 is 59.1 Å². The molecule has 0 amide bonds. The average Bonchev–Trinajstić information content (AvgIpc) is 0.811. The van der Waals surface area contributed by atoms with Gasteiger partial charge < -0.3 is 14.1 Å².